The molecule has 0 fully saturated rings. The molecule has 0 unspecified atom stereocenters. The van der Waals surface area contributed by atoms with E-state index in [1.807, 2.05) is 24.3 Å². The van der Waals surface area contributed by atoms with E-state index in [9.17, 15) is 4.79 Å². The van der Waals surface area contributed by atoms with Crippen LogP contribution in [0.2, 0.25) is 0 Å². The molecule has 0 saturated carbocycles. The highest BCUT2D eigenvalue weighted by Crippen LogP contribution is 2.22. The van der Waals surface area contributed by atoms with Crippen LogP contribution in [-0.4, -0.2) is 15.9 Å². The number of amides is 1. The van der Waals surface area contributed by atoms with Crippen LogP contribution in [0.1, 0.15) is 26.5 Å². The maximum absolute atomic E-state index is 11.3. The Balaban J connectivity index is 2.40. The predicted octanol–water partition coefficient (Wildman–Crippen LogP) is 2.88. The Morgan fingerprint density at radius 1 is 1.29 bits per heavy atom. The summed E-state index contributed by atoms with van der Waals surface area (Å²) in [5.41, 5.74) is 8.94. The third-order valence-corrected chi connectivity index (χ3v) is 2.95. The third kappa shape index (κ3) is 4.02. The SMILES string of the molecule is CC(=O)Nc1ncc(-c2ccc(N)cc2)nc1CC(C)C. The molecule has 0 spiro atoms. The third-order valence-electron chi connectivity index (χ3n) is 2.95. The van der Waals surface area contributed by atoms with Crippen molar-refractivity contribution in [3.05, 3.63) is 36.2 Å². The number of hydrogen-bond donors (Lipinski definition) is 2. The summed E-state index contributed by atoms with van der Waals surface area (Å²) in [6.45, 7) is 5.68. The molecule has 0 saturated heterocycles. The molecule has 1 aromatic carbocycles. The molecule has 0 aliphatic heterocycles. The average Bonchev–Trinajstić information content (AvgIpc) is 2.40. The minimum absolute atomic E-state index is 0.144. The van der Waals surface area contributed by atoms with E-state index in [0.717, 1.165) is 23.4 Å². The van der Waals surface area contributed by atoms with E-state index in [-0.39, 0.29) is 5.91 Å². The number of anilines is 2. The number of rotatable bonds is 4. The van der Waals surface area contributed by atoms with Crippen LogP contribution in [0.5, 0.6) is 0 Å². The summed E-state index contributed by atoms with van der Waals surface area (Å²) < 4.78 is 0. The molecule has 1 heterocycles. The Morgan fingerprint density at radius 3 is 2.52 bits per heavy atom. The fourth-order valence-corrected chi connectivity index (χ4v) is 2.02. The van der Waals surface area contributed by atoms with E-state index in [4.69, 9.17) is 5.73 Å². The quantitative estimate of drug-likeness (QED) is 0.846. The van der Waals surface area contributed by atoms with Gasteiger partial charge in [-0.3, -0.25) is 4.79 Å². The maximum Gasteiger partial charge on any atom is 0.222 e. The monoisotopic (exact) mass is 284 g/mol. The fourth-order valence-electron chi connectivity index (χ4n) is 2.02. The van der Waals surface area contributed by atoms with Gasteiger partial charge in [0.1, 0.15) is 0 Å². The van der Waals surface area contributed by atoms with Gasteiger partial charge in [0.05, 0.1) is 17.6 Å². The summed E-state index contributed by atoms with van der Waals surface area (Å²) in [7, 11) is 0. The first kappa shape index (κ1) is 15.0. The second-order valence-electron chi connectivity index (χ2n) is 5.45. The smallest absolute Gasteiger partial charge is 0.222 e. The molecule has 0 atom stereocenters. The van der Waals surface area contributed by atoms with Crippen LogP contribution in [0, 0.1) is 5.92 Å². The van der Waals surface area contributed by atoms with E-state index in [1.165, 1.54) is 6.92 Å². The van der Waals surface area contributed by atoms with Gasteiger partial charge >= 0.3 is 0 Å². The summed E-state index contributed by atoms with van der Waals surface area (Å²) in [6.07, 6.45) is 2.42. The number of hydrogen-bond acceptors (Lipinski definition) is 4. The fraction of sp³-hybridized carbons (Fsp3) is 0.312. The second-order valence-corrected chi connectivity index (χ2v) is 5.45. The van der Waals surface area contributed by atoms with Crippen LogP contribution in [0.25, 0.3) is 11.3 Å². The Kier molecular flexibility index (Phi) is 4.52. The molecule has 0 radical (unpaired) electrons. The minimum Gasteiger partial charge on any atom is -0.399 e. The Morgan fingerprint density at radius 2 is 1.95 bits per heavy atom. The van der Waals surface area contributed by atoms with E-state index in [2.05, 4.69) is 29.1 Å². The molecule has 0 aliphatic carbocycles. The molecule has 110 valence electrons. The first-order valence-corrected chi connectivity index (χ1v) is 6.95. The zero-order valence-corrected chi connectivity index (χ0v) is 12.6. The second kappa shape index (κ2) is 6.35. The van der Waals surface area contributed by atoms with Gasteiger partial charge in [-0.2, -0.15) is 0 Å². The summed E-state index contributed by atoms with van der Waals surface area (Å²) in [4.78, 5) is 20.2. The van der Waals surface area contributed by atoms with Gasteiger partial charge in [0.25, 0.3) is 0 Å². The van der Waals surface area contributed by atoms with Crippen molar-refractivity contribution < 1.29 is 4.79 Å². The van der Waals surface area contributed by atoms with Gasteiger partial charge in [-0.05, 0) is 24.5 Å². The average molecular weight is 284 g/mol. The van der Waals surface area contributed by atoms with Crippen molar-refractivity contribution in [1.82, 2.24) is 9.97 Å². The number of benzene rings is 1. The number of carbonyl (C=O) groups excluding carboxylic acids is 1. The maximum atomic E-state index is 11.3. The lowest BCUT2D eigenvalue weighted by Crippen LogP contribution is -2.12. The molecular formula is C16H20N4O. The molecule has 0 bridgehead atoms. The first-order valence-electron chi connectivity index (χ1n) is 6.95. The lowest BCUT2D eigenvalue weighted by molar-refractivity contribution is -0.114. The van der Waals surface area contributed by atoms with Gasteiger partial charge < -0.3 is 11.1 Å². The van der Waals surface area contributed by atoms with Gasteiger partial charge in [0.2, 0.25) is 5.91 Å². The van der Waals surface area contributed by atoms with E-state index in [1.54, 1.807) is 6.20 Å². The van der Waals surface area contributed by atoms with Gasteiger partial charge in [-0.1, -0.05) is 26.0 Å². The standard InChI is InChI=1S/C16H20N4O/c1-10(2)8-14-16(19-11(3)21)18-9-15(20-14)12-4-6-13(17)7-5-12/h4-7,9-10H,8,17H2,1-3H3,(H,18,19,21). The van der Waals surface area contributed by atoms with Crippen molar-refractivity contribution >= 4 is 17.4 Å². The van der Waals surface area contributed by atoms with Crippen LogP contribution in [0.15, 0.2) is 30.5 Å². The topological polar surface area (TPSA) is 80.9 Å². The van der Waals surface area contributed by atoms with Crippen LogP contribution in [0.3, 0.4) is 0 Å². The van der Waals surface area contributed by atoms with E-state index >= 15 is 0 Å². The zero-order valence-electron chi connectivity index (χ0n) is 12.6. The minimum atomic E-state index is -0.144. The van der Waals surface area contributed by atoms with Crippen LogP contribution < -0.4 is 11.1 Å². The molecule has 0 aliphatic rings. The van der Waals surface area contributed by atoms with Gasteiger partial charge in [0, 0.05) is 18.2 Å². The summed E-state index contributed by atoms with van der Waals surface area (Å²) in [5.74, 6) is 0.818. The summed E-state index contributed by atoms with van der Waals surface area (Å²) in [5, 5.41) is 2.73. The van der Waals surface area contributed by atoms with Gasteiger partial charge in [-0.25, -0.2) is 9.97 Å². The Labute approximate surface area is 124 Å². The van der Waals surface area contributed by atoms with Crippen LogP contribution in [0.4, 0.5) is 11.5 Å². The molecule has 1 amide bonds. The van der Waals surface area contributed by atoms with Crippen molar-refractivity contribution in [1.29, 1.82) is 0 Å². The molecule has 5 nitrogen and oxygen atoms in total. The van der Waals surface area contributed by atoms with Crippen molar-refractivity contribution in [2.24, 2.45) is 5.92 Å². The predicted molar refractivity (Wildman–Crippen MR) is 84.7 cm³/mol. The number of carbonyl (C=O) groups is 1. The molecule has 3 N–H and O–H groups in total. The molecule has 5 heteroatoms. The van der Waals surface area contributed by atoms with Crippen molar-refractivity contribution in [3.63, 3.8) is 0 Å². The molecule has 21 heavy (non-hydrogen) atoms. The summed E-state index contributed by atoms with van der Waals surface area (Å²) in [6, 6.07) is 7.49. The summed E-state index contributed by atoms with van der Waals surface area (Å²) >= 11 is 0. The highest BCUT2D eigenvalue weighted by molar-refractivity contribution is 5.88. The Bertz CT molecular complexity index is 635. The van der Waals surface area contributed by atoms with Gasteiger partial charge in [-0.15, -0.1) is 0 Å². The number of aromatic nitrogens is 2. The highest BCUT2D eigenvalue weighted by Gasteiger charge is 2.11. The Hall–Kier alpha value is -2.43. The number of nitrogens with one attached hydrogen (secondary N) is 1. The number of nitrogens with two attached hydrogens (primary N) is 1. The van der Waals surface area contributed by atoms with Crippen molar-refractivity contribution in [2.45, 2.75) is 27.2 Å². The normalized spacial score (nSPS) is 10.7. The highest BCUT2D eigenvalue weighted by atomic mass is 16.1. The van der Waals surface area contributed by atoms with Crippen molar-refractivity contribution in [3.8, 4) is 11.3 Å². The van der Waals surface area contributed by atoms with Crippen LogP contribution >= 0.6 is 0 Å². The van der Waals surface area contributed by atoms with Crippen LogP contribution in [-0.2, 0) is 11.2 Å². The van der Waals surface area contributed by atoms with E-state index in [0.29, 0.717) is 17.4 Å². The molecule has 1 aromatic heterocycles. The largest absolute Gasteiger partial charge is 0.399 e. The molecule has 2 rings (SSSR count). The lowest BCUT2D eigenvalue weighted by atomic mass is 10.1. The molecule has 2 aromatic rings. The first-order chi connectivity index (χ1) is 9.95. The zero-order chi connectivity index (χ0) is 15.4. The molecular weight excluding hydrogens is 264 g/mol. The lowest BCUT2D eigenvalue weighted by Gasteiger charge is -2.12. The van der Waals surface area contributed by atoms with Crippen molar-refractivity contribution in [2.75, 3.05) is 11.1 Å². The van der Waals surface area contributed by atoms with Gasteiger partial charge in [0.15, 0.2) is 5.82 Å². The van der Waals surface area contributed by atoms with E-state index < -0.39 is 0 Å². The number of nitrogen functional groups attached to an aromatic ring is 1. The number of nitrogens with zero attached hydrogens (tertiary/aromatic N) is 2.